The third kappa shape index (κ3) is 3.32. The van der Waals surface area contributed by atoms with Gasteiger partial charge in [0.15, 0.2) is 0 Å². The molecule has 0 saturated carbocycles. The molecule has 0 aliphatic carbocycles. The van der Waals surface area contributed by atoms with Crippen molar-refractivity contribution in [2.24, 2.45) is 10.1 Å². The van der Waals surface area contributed by atoms with Gasteiger partial charge in [-0.1, -0.05) is 65.3 Å². The number of thioether (sulfide) groups is 1. The van der Waals surface area contributed by atoms with E-state index in [1.54, 1.807) is 0 Å². The van der Waals surface area contributed by atoms with Crippen molar-refractivity contribution in [2.75, 3.05) is 5.75 Å². The zero-order valence-electron chi connectivity index (χ0n) is 13.0. The third-order valence-electron chi connectivity index (χ3n) is 4.16. The summed E-state index contributed by atoms with van der Waals surface area (Å²) in [6.45, 7) is 0. The quantitative estimate of drug-likeness (QED) is 0.689. The molecule has 126 valence electrons. The maximum atomic E-state index is 11.6. The van der Waals surface area contributed by atoms with Gasteiger partial charge in [-0.3, -0.25) is 4.79 Å². The third-order valence-corrected chi connectivity index (χ3v) is 5.48. The Kier molecular flexibility index (Phi) is 4.54. The predicted octanol–water partition coefficient (Wildman–Crippen LogP) is 5.41. The van der Waals surface area contributed by atoms with Gasteiger partial charge in [0.05, 0.1) is 17.5 Å². The molecular weight excluding hydrogens is 377 g/mol. The first-order valence-corrected chi connectivity index (χ1v) is 9.47. The van der Waals surface area contributed by atoms with Gasteiger partial charge in [0.25, 0.3) is 0 Å². The molecule has 0 radical (unpaired) electrons. The highest BCUT2D eigenvalue weighted by molar-refractivity contribution is 8.14. The number of carbonyl (C=O) groups is 1. The van der Waals surface area contributed by atoms with Crippen LogP contribution >= 0.6 is 35.0 Å². The van der Waals surface area contributed by atoms with E-state index in [1.165, 1.54) is 11.8 Å². The van der Waals surface area contributed by atoms with Crippen LogP contribution in [0.2, 0.25) is 10.0 Å². The molecule has 4 rings (SSSR count). The highest BCUT2D eigenvalue weighted by Gasteiger charge is 2.34. The standard InChI is InChI=1S/C18H13Cl2N3OS/c19-12-7-5-11(6-8-12)16-9-15(13-3-1-2-4-14(13)20)22-23(16)17-10-25-18(24)21-17/h1-8,16H,9-10H2. The lowest BCUT2D eigenvalue weighted by atomic mass is 9.98. The Labute approximate surface area is 159 Å². The topological polar surface area (TPSA) is 45.0 Å². The Bertz CT molecular complexity index is 895. The molecule has 0 saturated heterocycles. The number of amides is 1. The number of hydrogen-bond acceptors (Lipinski definition) is 4. The zero-order valence-corrected chi connectivity index (χ0v) is 15.4. The number of benzene rings is 2. The van der Waals surface area contributed by atoms with Gasteiger partial charge < -0.3 is 0 Å². The van der Waals surface area contributed by atoms with Gasteiger partial charge in [0, 0.05) is 22.0 Å². The summed E-state index contributed by atoms with van der Waals surface area (Å²) in [4.78, 5) is 15.7. The fraction of sp³-hybridized carbons (Fsp3) is 0.167. The molecular formula is C18H13Cl2N3OS. The monoisotopic (exact) mass is 389 g/mol. The average molecular weight is 390 g/mol. The molecule has 0 fully saturated rings. The minimum atomic E-state index is -0.175. The van der Waals surface area contributed by atoms with Gasteiger partial charge in [-0.25, -0.2) is 5.01 Å². The number of carbonyl (C=O) groups excluding carboxylic acids is 1. The van der Waals surface area contributed by atoms with E-state index in [4.69, 9.17) is 28.3 Å². The lowest BCUT2D eigenvalue weighted by molar-refractivity contribution is 0.267. The molecule has 2 aliphatic rings. The molecule has 1 unspecified atom stereocenters. The Hall–Kier alpha value is -1.82. The van der Waals surface area contributed by atoms with Crippen LogP contribution in [-0.2, 0) is 0 Å². The second-order valence-electron chi connectivity index (χ2n) is 5.73. The van der Waals surface area contributed by atoms with Crippen molar-refractivity contribution in [1.82, 2.24) is 5.01 Å². The SMILES string of the molecule is O=C1N=C(N2N=C(c3ccccc3Cl)CC2c2ccc(Cl)cc2)CS1. The summed E-state index contributed by atoms with van der Waals surface area (Å²) in [5, 5.41) is 7.77. The maximum Gasteiger partial charge on any atom is 0.307 e. The van der Waals surface area contributed by atoms with Gasteiger partial charge in [-0.15, -0.1) is 0 Å². The molecule has 2 aliphatic heterocycles. The molecule has 0 bridgehead atoms. The molecule has 1 atom stereocenters. The summed E-state index contributed by atoms with van der Waals surface area (Å²) in [7, 11) is 0. The van der Waals surface area contributed by atoms with Gasteiger partial charge in [0.2, 0.25) is 0 Å². The minimum Gasteiger partial charge on any atom is -0.259 e. The first kappa shape index (κ1) is 16.6. The second-order valence-corrected chi connectivity index (χ2v) is 7.50. The van der Waals surface area contributed by atoms with Crippen molar-refractivity contribution in [3.63, 3.8) is 0 Å². The van der Waals surface area contributed by atoms with Crippen molar-refractivity contribution in [3.8, 4) is 0 Å². The van der Waals surface area contributed by atoms with E-state index in [0.29, 0.717) is 28.1 Å². The van der Waals surface area contributed by atoms with Crippen LogP contribution in [0.25, 0.3) is 0 Å². The Balaban J connectivity index is 1.74. The van der Waals surface area contributed by atoms with Crippen molar-refractivity contribution in [3.05, 3.63) is 69.7 Å². The van der Waals surface area contributed by atoms with Crippen LogP contribution in [-0.4, -0.2) is 27.5 Å². The zero-order chi connectivity index (χ0) is 17.4. The minimum absolute atomic E-state index is 0.0335. The summed E-state index contributed by atoms with van der Waals surface area (Å²) in [5.41, 5.74) is 2.86. The molecule has 2 aromatic carbocycles. The molecule has 1 amide bonds. The first-order valence-electron chi connectivity index (χ1n) is 7.73. The van der Waals surface area contributed by atoms with Gasteiger partial charge in [-0.2, -0.15) is 10.1 Å². The van der Waals surface area contributed by atoms with Crippen LogP contribution in [0.3, 0.4) is 0 Å². The van der Waals surface area contributed by atoms with Gasteiger partial charge in [-0.05, 0) is 23.8 Å². The number of nitrogens with zero attached hydrogens (tertiary/aromatic N) is 3. The predicted molar refractivity (Wildman–Crippen MR) is 104 cm³/mol. The van der Waals surface area contributed by atoms with E-state index in [9.17, 15) is 4.79 Å². The van der Waals surface area contributed by atoms with E-state index < -0.39 is 0 Å². The molecule has 2 aromatic rings. The fourth-order valence-corrected chi connectivity index (χ4v) is 3.95. The number of hydrazone groups is 1. The summed E-state index contributed by atoms with van der Waals surface area (Å²) in [6.07, 6.45) is 0.684. The Morgan fingerprint density at radius 1 is 1.08 bits per heavy atom. The highest BCUT2D eigenvalue weighted by atomic mass is 35.5. The van der Waals surface area contributed by atoms with E-state index in [2.05, 4.69) is 4.99 Å². The van der Waals surface area contributed by atoms with E-state index in [-0.39, 0.29) is 11.3 Å². The second kappa shape index (κ2) is 6.83. The number of halogens is 2. The van der Waals surface area contributed by atoms with Crippen molar-refractivity contribution < 1.29 is 4.79 Å². The average Bonchev–Trinajstić information content (AvgIpc) is 3.22. The van der Waals surface area contributed by atoms with Crippen molar-refractivity contribution in [2.45, 2.75) is 12.5 Å². The molecule has 0 aromatic heterocycles. The lowest BCUT2D eigenvalue weighted by Gasteiger charge is -2.23. The molecule has 0 spiro atoms. The van der Waals surface area contributed by atoms with Gasteiger partial charge in [0.1, 0.15) is 5.84 Å². The molecule has 7 heteroatoms. The summed E-state index contributed by atoms with van der Waals surface area (Å²) in [5.74, 6) is 1.21. The number of amidine groups is 1. The number of hydrogen-bond donors (Lipinski definition) is 0. The van der Waals surface area contributed by atoms with E-state index in [1.807, 2.05) is 53.5 Å². The molecule has 4 nitrogen and oxygen atoms in total. The Morgan fingerprint density at radius 3 is 2.52 bits per heavy atom. The van der Waals surface area contributed by atoms with Crippen LogP contribution in [0, 0.1) is 0 Å². The van der Waals surface area contributed by atoms with Crippen LogP contribution in [0.15, 0.2) is 58.6 Å². The largest absolute Gasteiger partial charge is 0.307 e. The smallest absolute Gasteiger partial charge is 0.259 e. The molecule has 2 heterocycles. The Morgan fingerprint density at radius 2 is 1.84 bits per heavy atom. The van der Waals surface area contributed by atoms with Crippen LogP contribution < -0.4 is 0 Å². The normalized spacial score (nSPS) is 20.0. The lowest BCUT2D eigenvalue weighted by Crippen LogP contribution is -2.27. The maximum absolute atomic E-state index is 11.6. The molecule has 25 heavy (non-hydrogen) atoms. The summed E-state index contributed by atoms with van der Waals surface area (Å²) in [6, 6.07) is 15.3. The van der Waals surface area contributed by atoms with Crippen LogP contribution in [0.4, 0.5) is 4.79 Å². The number of aliphatic imine (C=N–C) groups is 1. The van der Waals surface area contributed by atoms with Crippen LogP contribution in [0.5, 0.6) is 0 Å². The van der Waals surface area contributed by atoms with E-state index >= 15 is 0 Å². The van der Waals surface area contributed by atoms with Crippen molar-refractivity contribution in [1.29, 1.82) is 0 Å². The first-order chi connectivity index (χ1) is 12.1. The highest BCUT2D eigenvalue weighted by Crippen LogP contribution is 2.36. The summed E-state index contributed by atoms with van der Waals surface area (Å²) < 4.78 is 0. The number of rotatable bonds is 2. The summed E-state index contributed by atoms with van der Waals surface area (Å²) >= 11 is 13.6. The van der Waals surface area contributed by atoms with Crippen LogP contribution in [0.1, 0.15) is 23.6 Å². The fourth-order valence-electron chi connectivity index (χ4n) is 2.96. The van der Waals surface area contributed by atoms with Gasteiger partial charge >= 0.3 is 5.24 Å². The molecule has 0 N–H and O–H groups in total. The van der Waals surface area contributed by atoms with Crippen molar-refractivity contribution >= 4 is 51.8 Å². The van der Waals surface area contributed by atoms with E-state index in [0.717, 1.165) is 16.8 Å².